The Morgan fingerprint density at radius 2 is 1.90 bits per heavy atom. The van der Waals surface area contributed by atoms with E-state index in [1.807, 2.05) is 6.07 Å². The van der Waals surface area contributed by atoms with Crippen LogP contribution in [0.25, 0.3) is 5.69 Å². The number of para-hydroxylation sites is 2. The molecule has 2 N–H and O–H groups in total. The van der Waals surface area contributed by atoms with Crippen LogP contribution in [0.5, 0.6) is 11.6 Å². The predicted molar refractivity (Wildman–Crippen MR) is 81.3 cm³/mol. The number of phenols is 1. The minimum Gasteiger partial charge on any atom is -0.506 e. The van der Waals surface area contributed by atoms with Gasteiger partial charge < -0.3 is 14.9 Å². The molecule has 21 heavy (non-hydrogen) atoms. The van der Waals surface area contributed by atoms with E-state index in [9.17, 15) is 10.2 Å². The van der Waals surface area contributed by atoms with Crippen LogP contribution < -0.4 is 4.74 Å². The van der Waals surface area contributed by atoms with Crippen LogP contribution in [0.2, 0.25) is 0 Å². The summed E-state index contributed by atoms with van der Waals surface area (Å²) in [5.74, 6) is 0.685. The summed E-state index contributed by atoms with van der Waals surface area (Å²) in [6.45, 7) is 6.20. The number of rotatable bonds is 4. The molecule has 5 heteroatoms. The Labute approximate surface area is 124 Å². The molecule has 1 aromatic carbocycles. The Balaban J connectivity index is 2.70. The van der Waals surface area contributed by atoms with E-state index in [-0.39, 0.29) is 17.8 Å². The standard InChI is InChI=1S/C16H22N2O3/c1-16(2,3)14-11(9-10-19)15(21-4)18(17-14)12-7-5-6-8-13(12)20/h5-8,19-20H,9-10H2,1-4H3. The van der Waals surface area contributed by atoms with Crippen molar-refractivity contribution in [3.8, 4) is 17.3 Å². The van der Waals surface area contributed by atoms with Gasteiger partial charge in [0, 0.05) is 24.0 Å². The van der Waals surface area contributed by atoms with Crippen molar-refractivity contribution in [2.45, 2.75) is 32.6 Å². The number of aromatic nitrogens is 2. The summed E-state index contributed by atoms with van der Waals surface area (Å²) < 4.78 is 7.09. The maximum absolute atomic E-state index is 10.1. The molecule has 0 aliphatic rings. The Morgan fingerprint density at radius 1 is 1.24 bits per heavy atom. The summed E-state index contributed by atoms with van der Waals surface area (Å²) in [6, 6.07) is 6.98. The molecule has 0 amide bonds. The van der Waals surface area contributed by atoms with E-state index in [1.54, 1.807) is 30.0 Å². The SMILES string of the molecule is COc1c(CCO)c(C(C)(C)C)nn1-c1ccccc1O. The first-order valence-corrected chi connectivity index (χ1v) is 6.95. The van der Waals surface area contributed by atoms with Crippen molar-refractivity contribution in [2.24, 2.45) is 0 Å². The molecule has 0 aliphatic heterocycles. The van der Waals surface area contributed by atoms with Crippen LogP contribution >= 0.6 is 0 Å². The van der Waals surface area contributed by atoms with E-state index < -0.39 is 0 Å². The quantitative estimate of drug-likeness (QED) is 0.907. The molecule has 2 rings (SSSR count). The highest BCUT2D eigenvalue weighted by Gasteiger charge is 2.28. The molecule has 0 spiro atoms. The molecule has 1 heterocycles. The van der Waals surface area contributed by atoms with Crippen molar-refractivity contribution in [1.82, 2.24) is 9.78 Å². The molecule has 0 saturated carbocycles. The zero-order chi connectivity index (χ0) is 15.6. The van der Waals surface area contributed by atoms with E-state index in [2.05, 4.69) is 25.9 Å². The van der Waals surface area contributed by atoms with Gasteiger partial charge in [-0.3, -0.25) is 0 Å². The molecule has 0 fully saturated rings. The fraction of sp³-hybridized carbons (Fsp3) is 0.438. The number of nitrogens with zero attached hydrogens (tertiary/aromatic N) is 2. The summed E-state index contributed by atoms with van der Waals surface area (Å²) in [7, 11) is 1.57. The first-order chi connectivity index (χ1) is 9.90. The fourth-order valence-corrected chi connectivity index (χ4v) is 2.39. The van der Waals surface area contributed by atoms with Crippen molar-refractivity contribution >= 4 is 0 Å². The van der Waals surface area contributed by atoms with Gasteiger partial charge in [-0.05, 0) is 12.1 Å². The number of methoxy groups -OCH3 is 1. The third kappa shape index (κ3) is 2.88. The molecule has 2 aromatic rings. The van der Waals surface area contributed by atoms with Gasteiger partial charge in [0.1, 0.15) is 11.4 Å². The Hall–Kier alpha value is -2.01. The van der Waals surface area contributed by atoms with Gasteiger partial charge in [-0.15, -0.1) is 0 Å². The maximum atomic E-state index is 10.1. The molecule has 0 radical (unpaired) electrons. The number of hydrogen-bond donors (Lipinski definition) is 2. The smallest absolute Gasteiger partial charge is 0.220 e. The molecule has 1 aromatic heterocycles. The number of benzene rings is 1. The van der Waals surface area contributed by atoms with Crippen LogP contribution in [0, 0.1) is 0 Å². The number of hydrogen-bond acceptors (Lipinski definition) is 4. The molecule has 5 nitrogen and oxygen atoms in total. The fourth-order valence-electron chi connectivity index (χ4n) is 2.39. The van der Waals surface area contributed by atoms with Gasteiger partial charge in [0.2, 0.25) is 5.88 Å². The van der Waals surface area contributed by atoms with Gasteiger partial charge in [-0.2, -0.15) is 9.78 Å². The van der Waals surface area contributed by atoms with E-state index >= 15 is 0 Å². The highest BCUT2D eigenvalue weighted by molar-refractivity contribution is 5.50. The van der Waals surface area contributed by atoms with Crippen LogP contribution in [0.15, 0.2) is 24.3 Å². The largest absolute Gasteiger partial charge is 0.506 e. The summed E-state index contributed by atoms with van der Waals surface area (Å²) in [6.07, 6.45) is 0.462. The zero-order valence-corrected chi connectivity index (χ0v) is 12.9. The summed E-state index contributed by atoms with van der Waals surface area (Å²) >= 11 is 0. The minimum atomic E-state index is -0.187. The minimum absolute atomic E-state index is 0.0197. The molecule has 0 atom stereocenters. The van der Waals surface area contributed by atoms with Gasteiger partial charge >= 0.3 is 0 Å². The normalized spacial score (nSPS) is 11.7. The average molecular weight is 290 g/mol. The first kappa shape index (κ1) is 15.4. The maximum Gasteiger partial charge on any atom is 0.220 e. The van der Waals surface area contributed by atoms with Gasteiger partial charge in [0.25, 0.3) is 0 Å². The van der Waals surface area contributed by atoms with Crippen LogP contribution in [0.3, 0.4) is 0 Å². The highest BCUT2D eigenvalue weighted by atomic mass is 16.5. The van der Waals surface area contributed by atoms with Crippen molar-refractivity contribution in [3.63, 3.8) is 0 Å². The molecule has 0 bridgehead atoms. The molecule has 0 aliphatic carbocycles. The van der Waals surface area contributed by atoms with E-state index in [0.717, 1.165) is 11.3 Å². The number of aliphatic hydroxyl groups is 1. The molecular formula is C16H22N2O3. The Bertz CT molecular complexity index is 627. The van der Waals surface area contributed by atoms with Crippen LogP contribution in [0.4, 0.5) is 0 Å². The van der Waals surface area contributed by atoms with Crippen molar-refractivity contribution in [2.75, 3.05) is 13.7 Å². The van der Waals surface area contributed by atoms with E-state index in [0.29, 0.717) is 18.0 Å². The topological polar surface area (TPSA) is 67.5 Å². The molecule has 0 unspecified atom stereocenters. The molecule has 0 saturated heterocycles. The zero-order valence-electron chi connectivity index (χ0n) is 12.9. The van der Waals surface area contributed by atoms with E-state index in [1.165, 1.54) is 0 Å². The average Bonchev–Trinajstić information content (AvgIpc) is 2.78. The van der Waals surface area contributed by atoms with Crippen LogP contribution in [0.1, 0.15) is 32.0 Å². The third-order valence-electron chi connectivity index (χ3n) is 3.31. The Morgan fingerprint density at radius 3 is 2.43 bits per heavy atom. The van der Waals surface area contributed by atoms with Gasteiger partial charge in [0.15, 0.2) is 0 Å². The number of ether oxygens (including phenoxy) is 1. The summed E-state index contributed by atoms with van der Waals surface area (Å²) in [5, 5.41) is 24.0. The second kappa shape index (κ2) is 5.77. The van der Waals surface area contributed by atoms with Crippen molar-refractivity contribution in [3.05, 3.63) is 35.5 Å². The lowest BCUT2D eigenvalue weighted by Crippen LogP contribution is -2.15. The number of aliphatic hydroxyl groups excluding tert-OH is 1. The monoisotopic (exact) mass is 290 g/mol. The van der Waals surface area contributed by atoms with Crippen LogP contribution in [-0.2, 0) is 11.8 Å². The van der Waals surface area contributed by atoms with Crippen LogP contribution in [-0.4, -0.2) is 33.7 Å². The van der Waals surface area contributed by atoms with Gasteiger partial charge in [0.05, 0.1) is 12.8 Å². The third-order valence-corrected chi connectivity index (χ3v) is 3.31. The molecule has 114 valence electrons. The van der Waals surface area contributed by atoms with Crippen molar-refractivity contribution in [1.29, 1.82) is 0 Å². The van der Waals surface area contributed by atoms with E-state index in [4.69, 9.17) is 4.74 Å². The second-order valence-electron chi connectivity index (χ2n) is 5.96. The van der Waals surface area contributed by atoms with Gasteiger partial charge in [-0.1, -0.05) is 32.9 Å². The lowest BCUT2D eigenvalue weighted by atomic mass is 9.88. The number of aromatic hydroxyl groups is 1. The first-order valence-electron chi connectivity index (χ1n) is 6.95. The van der Waals surface area contributed by atoms with Crippen molar-refractivity contribution < 1.29 is 14.9 Å². The molecular weight excluding hydrogens is 268 g/mol. The second-order valence-corrected chi connectivity index (χ2v) is 5.96. The number of phenolic OH excluding ortho intramolecular Hbond substituents is 1. The highest BCUT2D eigenvalue weighted by Crippen LogP contribution is 2.35. The Kier molecular flexibility index (Phi) is 4.23. The predicted octanol–water partition coefficient (Wildman–Crippen LogP) is 2.42. The van der Waals surface area contributed by atoms with Gasteiger partial charge in [-0.25, -0.2) is 0 Å². The lowest BCUT2D eigenvalue weighted by molar-refractivity contribution is 0.295. The summed E-state index contributed by atoms with van der Waals surface area (Å²) in [4.78, 5) is 0. The lowest BCUT2D eigenvalue weighted by Gasteiger charge is -2.17. The summed E-state index contributed by atoms with van der Waals surface area (Å²) in [5.41, 5.74) is 2.10.